The predicted molar refractivity (Wildman–Crippen MR) is 254 cm³/mol. The first-order valence-corrected chi connectivity index (χ1v) is 21.4. The Morgan fingerprint density at radius 3 is 1.03 bits per heavy atom. The summed E-state index contributed by atoms with van der Waals surface area (Å²) in [4.78, 5) is 9.09. The summed E-state index contributed by atoms with van der Waals surface area (Å²) >= 11 is 0. The van der Waals surface area contributed by atoms with Crippen LogP contribution in [0.4, 0.5) is 39.8 Å². The van der Waals surface area contributed by atoms with E-state index in [0.29, 0.717) is 11.3 Å². The molecule has 60 heavy (non-hydrogen) atoms. The Bertz CT molecular complexity index is 2670. The summed E-state index contributed by atoms with van der Waals surface area (Å²) in [5, 5.41) is 10.8. The van der Waals surface area contributed by atoms with Crippen LogP contribution in [0.25, 0.3) is 16.0 Å². The monoisotopic (exact) mass is 786 g/mol. The molecule has 4 heteroatoms. The van der Waals surface area contributed by atoms with E-state index in [1.165, 1.54) is 134 Å². The van der Waals surface area contributed by atoms with Gasteiger partial charge < -0.3 is 9.80 Å². The van der Waals surface area contributed by atoms with Crippen LogP contribution < -0.4 is 9.80 Å². The molecular formula is C56H58N4. The van der Waals surface area contributed by atoms with Crippen LogP contribution in [0.1, 0.15) is 117 Å². The number of anilines is 6. The van der Waals surface area contributed by atoms with Crippen molar-refractivity contribution in [2.24, 2.45) is 0 Å². The first-order valence-electron chi connectivity index (χ1n) is 21.4. The van der Waals surface area contributed by atoms with Crippen LogP contribution >= 0.6 is 0 Å². The molecule has 2 aliphatic heterocycles. The number of nitriles is 1. The largest absolute Gasteiger partial charge is 0.309 e. The summed E-state index contributed by atoms with van der Waals surface area (Å²) < 4.78 is 0. The molecule has 0 fully saturated rings. The minimum atomic E-state index is 0.530. The lowest BCUT2D eigenvalue weighted by atomic mass is 9.80. The van der Waals surface area contributed by atoms with Crippen LogP contribution in [0.5, 0.6) is 0 Å². The van der Waals surface area contributed by atoms with Gasteiger partial charge in [0.25, 0.3) is 0 Å². The number of rotatable bonds is 3. The second-order valence-corrected chi connectivity index (χ2v) is 18.0. The number of fused-ring (bicyclic) bond motifs is 4. The molecule has 6 aromatic carbocycles. The molecule has 0 spiro atoms. The molecule has 2 aliphatic rings. The standard InChI is InChI=1S/C56H58N4/c1-27-31(5)39(13)53-46(35(27)9)24-47-36(10)28(2)32(6)40(14)54(47)59(53)44-19-18-43(26-57)50(22-44)51-23-45(20-21-52(51)58-17)60-55-41(15)33(7)29(3)37(11)48(55)25-49-38(12)30(4)34(8)42(16)56(49)60/h18-23H,24-25H2,1-16H3. The maximum atomic E-state index is 10.8. The fourth-order valence-corrected chi connectivity index (χ4v) is 10.6. The van der Waals surface area contributed by atoms with Crippen molar-refractivity contribution in [1.29, 1.82) is 5.26 Å². The van der Waals surface area contributed by atoms with Crippen molar-refractivity contribution in [3.63, 3.8) is 0 Å². The van der Waals surface area contributed by atoms with E-state index in [0.717, 1.165) is 35.3 Å². The zero-order chi connectivity index (χ0) is 43.5. The third-order valence-corrected chi connectivity index (χ3v) is 15.8. The Morgan fingerprint density at radius 1 is 0.417 bits per heavy atom. The van der Waals surface area contributed by atoms with Gasteiger partial charge in [-0.3, -0.25) is 0 Å². The van der Waals surface area contributed by atoms with Crippen molar-refractivity contribution in [2.75, 3.05) is 9.80 Å². The molecule has 0 aromatic heterocycles. The smallest absolute Gasteiger partial charge is 0.195 e. The summed E-state index contributed by atoms with van der Waals surface area (Å²) in [5.41, 5.74) is 36.1. The predicted octanol–water partition coefficient (Wildman–Crippen LogP) is 15.5. The lowest BCUT2D eigenvalue weighted by Gasteiger charge is -2.40. The second kappa shape index (κ2) is 14.3. The van der Waals surface area contributed by atoms with Gasteiger partial charge >= 0.3 is 0 Å². The van der Waals surface area contributed by atoms with Crippen LogP contribution in [0.2, 0.25) is 0 Å². The molecule has 0 saturated heterocycles. The highest BCUT2D eigenvalue weighted by Gasteiger charge is 2.35. The molecule has 0 saturated carbocycles. The highest BCUT2D eigenvalue weighted by molar-refractivity contribution is 5.96. The van der Waals surface area contributed by atoms with E-state index < -0.39 is 0 Å². The van der Waals surface area contributed by atoms with Crippen LogP contribution in [0.15, 0.2) is 36.4 Å². The molecule has 2 heterocycles. The molecule has 6 aromatic rings. The maximum Gasteiger partial charge on any atom is 0.195 e. The molecule has 0 aliphatic carbocycles. The highest BCUT2D eigenvalue weighted by atomic mass is 15.2. The van der Waals surface area contributed by atoms with Gasteiger partial charge in [-0.15, -0.1) is 0 Å². The fraction of sp³-hybridized carbons (Fsp3) is 0.321. The molecule has 302 valence electrons. The Morgan fingerprint density at radius 2 is 0.717 bits per heavy atom. The molecule has 0 unspecified atom stereocenters. The van der Waals surface area contributed by atoms with Gasteiger partial charge in [0.05, 0.1) is 41.0 Å². The average Bonchev–Trinajstić information content (AvgIpc) is 3.26. The fourth-order valence-electron chi connectivity index (χ4n) is 10.6. The molecule has 8 rings (SSSR count). The van der Waals surface area contributed by atoms with E-state index in [4.69, 9.17) is 6.57 Å². The zero-order valence-electron chi connectivity index (χ0n) is 38.7. The SMILES string of the molecule is [C-]#[N+]c1ccc(N2c3c(C)c(C)c(C)c(C)c3Cc3c(C)c(C)c(C)c(C)c32)cc1-c1cc(N2c3c(C)c(C)c(C)c(C)c3Cc3c(C)c(C)c(C)c(C)c32)ccc1C#N. The number of hydrogen-bond donors (Lipinski definition) is 0. The summed E-state index contributed by atoms with van der Waals surface area (Å²) in [6.07, 6.45) is 1.76. The molecular weight excluding hydrogens is 729 g/mol. The summed E-state index contributed by atoms with van der Waals surface area (Å²) in [6, 6.07) is 15.1. The van der Waals surface area contributed by atoms with Gasteiger partial charge in [-0.2, -0.15) is 5.26 Å². The first-order chi connectivity index (χ1) is 28.4. The van der Waals surface area contributed by atoms with Gasteiger partial charge in [-0.25, -0.2) is 4.85 Å². The minimum absolute atomic E-state index is 0.530. The molecule has 4 nitrogen and oxygen atoms in total. The van der Waals surface area contributed by atoms with Crippen LogP contribution in [0, 0.1) is 129 Å². The van der Waals surface area contributed by atoms with E-state index in [-0.39, 0.29) is 0 Å². The van der Waals surface area contributed by atoms with Crippen molar-refractivity contribution in [3.8, 4) is 17.2 Å². The van der Waals surface area contributed by atoms with Gasteiger partial charge in [0.1, 0.15) is 0 Å². The summed E-state index contributed by atoms with van der Waals surface area (Å²) in [6.45, 7) is 44.7. The average molecular weight is 787 g/mol. The van der Waals surface area contributed by atoms with Crippen molar-refractivity contribution in [2.45, 2.75) is 124 Å². The van der Waals surface area contributed by atoms with Crippen LogP contribution in [0.3, 0.4) is 0 Å². The van der Waals surface area contributed by atoms with Crippen molar-refractivity contribution in [1.82, 2.24) is 0 Å². The minimum Gasteiger partial charge on any atom is -0.309 e. The lowest BCUT2D eigenvalue weighted by molar-refractivity contribution is 0.996. The molecule has 0 bridgehead atoms. The Hall–Kier alpha value is -6.10. The zero-order valence-corrected chi connectivity index (χ0v) is 38.7. The molecule has 0 N–H and O–H groups in total. The van der Waals surface area contributed by atoms with E-state index in [2.05, 4.69) is 156 Å². The van der Waals surface area contributed by atoms with Crippen molar-refractivity contribution >= 4 is 39.8 Å². The van der Waals surface area contributed by atoms with Gasteiger partial charge in [-0.1, -0.05) is 6.07 Å². The van der Waals surface area contributed by atoms with E-state index in [9.17, 15) is 5.26 Å². The first kappa shape index (κ1) is 40.7. The number of hydrogen-bond acceptors (Lipinski definition) is 3. The van der Waals surface area contributed by atoms with Gasteiger partial charge in [0.2, 0.25) is 0 Å². The normalized spacial score (nSPS) is 12.8. The second-order valence-electron chi connectivity index (χ2n) is 18.0. The number of benzene rings is 6. The topological polar surface area (TPSA) is 34.6 Å². The highest BCUT2D eigenvalue weighted by Crippen LogP contribution is 2.55. The van der Waals surface area contributed by atoms with E-state index in [1.54, 1.807) is 0 Å². The van der Waals surface area contributed by atoms with Crippen LogP contribution in [-0.4, -0.2) is 0 Å². The van der Waals surface area contributed by atoms with Crippen molar-refractivity contribution in [3.05, 3.63) is 165 Å². The number of nitrogens with zero attached hydrogens (tertiary/aromatic N) is 4. The maximum absolute atomic E-state index is 10.8. The van der Waals surface area contributed by atoms with Gasteiger partial charge in [-0.05, 0) is 264 Å². The molecule has 0 atom stereocenters. The van der Waals surface area contributed by atoms with E-state index >= 15 is 0 Å². The van der Waals surface area contributed by atoms with Crippen molar-refractivity contribution < 1.29 is 0 Å². The Labute approximate surface area is 359 Å². The molecule has 0 amide bonds. The van der Waals surface area contributed by atoms with Crippen LogP contribution in [-0.2, 0) is 12.8 Å². The summed E-state index contributed by atoms with van der Waals surface area (Å²) in [7, 11) is 0. The van der Waals surface area contributed by atoms with Gasteiger partial charge in [0.15, 0.2) is 5.69 Å². The summed E-state index contributed by atoms with van der Waals surface area (Å²) in [5.74, 6) is 0. The molecule has 0 radical (unpaired) electrons. The third kappa shape index (κ3) is 5.53. The quantitative estimate of drug-likeness (QED) is 0.167. The Balaban J connectivity index is 1.44. The van der Waals surface area contributed by atoms with E-state index in [1.807, 2.05) is 12.1 Å². The lowest BCUT2D eigenvalue weighted by Crippen LogP contribution is -2.24. The third-order valence-electron chi connectivity index (χ3n) is 15.8. The Kier molecular flexibility index (Phi) is 9.68. The van der Waals surface area contributed by atoms with Gasteiger partial charge in [0, 0.05) is 24.2 Å².